The molecule has 7 heteroatoms. The predicted octanol–water partition coefficient (Wildman–Crippen LogP) is 2.01. The summed E-state index contributed by atoms with van der Waals surface area (Å²) in [6, 6.07) is 5.38. The second-order valence-electron chi connectivity index (χ2n) is 6.14. The van der Waals surface area contributed by atoms with Crippen molar-refractivity contribution >= 4 is 15.9 Å². The number of hydrogen-bond acceptors (Lipinski definition) is 3. The molecule has 1 atom stereocenters. The van der Waals surface area contributed by atoms with E-state index >= 15 is 0 Å². The van der Waals surface area contributed by atoms with Crippen LogP contribution in [0.4, 0.5) is 4.39 Å². The Morgan fingerprint density at radius 1 is 1.08 bits per heavy atom. The summed E-state index contributed by atoms with van der Waals surface area (Å²) in [5, 5.41) is 0. The molecular formula is C17H21FN2O3S. The first kappa shape index (κ1) is 17.1. The van der Waals surface area contributed by atoms with Gasteiger partial charge in [0.1, 0.15) is 10.7 Å². The molecule has 1 heterocycles. The van der Waals surface area contributed by atoms with Gasteiger partial charge < -0.3 is 4.90 Å². The van der Waals surface area contributed by atoms with Gasteiger partial charge in [-0.1, -0.05) is 24.3 Å². The van der Waals surface area contributed by atoms with Gasteiger partial charge in [0, 0.05) is 32.1 Å². The lowest BCUT2D eigenvalue weighted by atomic mass is 9.93. The van der Waals surface area contributed by atoms with Gasteiger partial charge in [-0.3, -0.25) is 4.79 Å². The average Bonchev–Trinajstić information content (AvgIpc) is 2.62. The van der Waals surface area contributed by atoms with Crippen LogP contribution in [-0.4, -0.2) is 49.7 Å². The van der Waals surface area contributed by atoms with Crippen molar-refractivity contribution in [2.75, 3.05) is 26.2 Å². The molecule has 0 bridgehead atoms. The highest BCUT2D eigenvalue weighted by molar-refractivity contribution is 7.89. The molecule has 1 aliphatic heterocycles. The van der Waals surface area contributed by atoms with Crippen molar-refractivity contribution in [2.45, 2.75) is 24.2 Å². The summed E-state index contributed by atoms with van der Waals surface area (Å²) >= 11 is 0. The van der Waals surface area contributed by atoms with E-state index in [4.69, 9.17) is 0 Å². The lowest BCUT2D eigenvalue weighted by Crippen LogP contribution is -2.52. The normalized spacial score (nSPS) is 22.5. The molecule has 1 saturated heterocycles. The first-order valence-electron chi connectivity index (χ1n) is 8.18. The van der Waals surface area contributed by atoms with Crippen LogP contribution in [0.1, 0.15) is 19.3 Å². The molecule has 3 rings (SSSR count). The maximum Gasteiger partial charge on any atom is 0.246 e. The highest BCUT2D eigenvalue weighted by Gasteiger charge is 2.33. The lowest BCUT2D eigenvalue weighted by molar-refractivity contribution is -0.137. The summed E-state index contributed by atoms with van der Waals surface area (Å²) in [6.07, 6.45) is 6.64. The summed E-state index contributed by atoms with van der Waals surface area (Å²) in [4.78, 5) is 13.9. The fourth-order valence-corrected chi connectivity index (χ4v) is 4.71. The molecule has 1 fully saturated rings. The zero-order valence-corrected chi connectivity index (χ0v) is 14.2. The molecule has 1 unspecified atom stereocenters. The van der Waals surface area contributed by atoms with Crippen molar-refractivity contribution < 1.29 is 17.6 Å². The Morgan fingerprint density at radius 2 is 1.79 bits per heavy atom. The van der Waals surface area contributed by atoms with Gasteiger partial charge in [-0.05, 0) is 31.4 Å². The number of rotatable bonds is 3. The van der Waals surface area contributed by atoms with Crippen molar-refractivity contribution in [3.8, 4) is 0 Å². The molecule has 130 valence electrons. The summed E-state index contributed by atoms with van der Waals surface area (Å²) in [7, 11) is -3.86. The van der Waals surface area contributed by atoms with Gasteiger partial charge in [0.15, 0.2) is 0 Å². The summed E-state index contributed by atoms with van der Waals surface area (Å²) in [5.74, 6) is -0.642. The number of carbonyl (C=O) groups excluding carboxylic acids is 1. The summed E-state index contributed by atoms with van der Waals surface area (Å²) in [5.41, 5.74) is 0. The number of amides is 1. The van der Waals surface area contributed by atoms with Crippen LogP contribution in [0.15, 0.2) is 41.3 Å². The fourth-order valence-electron chi connectivity index (χ4n) is 3.22. The van der Waals surface area contributed by atoms with E-state index in [0.717, 1.165) is 25.3 Å². The molecule has 0 saturated carbocycles. The van der Waals surface area contributed by atoms with Crippen molar-refractivity contribution in [1.29, 1.82) is 0 Å². The van der Waals surface area contributed by atoms with Crippen LogP contribution in [0.25, 0.3) is 0 Å². The first-order chi connectivity index (χ1) is 11.5. The van der Waals surface area contributed by atoms with Gasteiger partial charge in [0.25, 0.3) is 0 Å². The quantitative estimate of drug-likeness (QED) is 0.782. The number of piperazine rings is 1. The minimum absolute atomic E-state index is 0.00437. The molecule has 0 N–H and O–H groups in total. The SMILES string of the molecule is O=C(C1CC=CCC1)N1CCN(S(=O)(=O)c2ccccc2F)CC1. The van der Waals surface area contributed by atoms with Crippen LogP contribution >= 0.6 is 0 Å². The van der Waals surface area contributed by atoms with Crippen LogP contribution in [0.5, 0.6) is 0 Å². The molecule has 1 aromatic rings. The van der Waals surface area contributed by atoms with E-state index in [9.17, 15) is 17.6 Å². The number of carbonyl (C=O) groups is 1. The third-order valence-corrected chi connectivity index (χ3v) is 6.55. The molecule has 1 aromatic carbocycles. The molecule has 24 heavy (non-hydrogen) atoms. The Kier molecular flexibility index (Phi) is 5.01. The zero-order chi connectivity index (χ0) is 17.2. The predicted molar refractivity (Wildman–Crippen MR) is 88.2 cm³/mol. The Bertz CT molecular complexity index is 740. The van der Waals surface area contributed by atoms with Crippen molar-refractivity contribution in [2.24, 2.45) is 5.92 Å². The number of allylic oxidation sites excluding steroid dienone is 2. The Hall–Kier alpha value is -1.73. The number of hydrogen-bond donors (Lipinski definition) is 0. The highest BCUT2D eigenvalue weighted by Crippen LogP contribution is 2.23. The molecule has 0 aromatic heterocycles. The first-order valence-corrected chi connectivity index (χ1v) is 9.62. The van der Waals surface area contributed by atoms with E-state index in [-0.39, 0.29) is 29.8 Å². The Balaban J connectivity index is 1.65. The maximum atomic E-state index is 13.8. The van der Waals surface area contributed by atoms with Crippen molar-refractivity contribution in [3.63, 3.8) is 0 Å². The van der Waals surface area contributed by atoms with E-state index in [0.29, 0.717) is 13.1 Å². The van der Waals surface area contributed by atoms with Gasteiger partial charge in [-0.15, -0.1) is 0 Å². The molecule has 1 amide bonds. The van der Waals surface area contributed by atoms with Crippen LogP contribution in [-0.2, 0) is 14.8 Å². The van der Waals surface area contributed by atoms with E-state index in [2.05, 4.69) is 6.08 Å². The third-order valence-electron chi connectivity index (χ3n) is 4.62. The Morgan fingerprint density at radius 3 is 2.42 bits per heavy atom. The second-order valence-corrected chi connectivity index (χ2v) is 8.05. The van der Waals surface area contributed by atoms with Crippen LogP contribution in [0.2, 0.25) is 0 Å². The number of sulfonamides is 1. The molecule has 0 radical (unpaired) electrons. The van der Waals surface area contributed by atoms with Gasteiger partial charge in [0.05, 0.1) is 0 Å². The zero-order valence-electron chi connectivity index (χ0n) is 13.4. The monoisotopic (exact) mass is 352 g/mol. The lowest BCUT2D eigenvalue weighted by Gasteiger charge is -2.36. The number of halogens is 1. The molecule has 2 aliphatic rings. The fraction of sp³-hybridized carbons (Fsp3) is 0.471. The van der Waals surface area contributed by atoms with Gasteiger partial charge >= 0.3 is 0 Å². The van der Waals surface area contributed by atoms with Gasteiger partial charge in [-0.2, -0.15) is 4.31 Å². The van der Waals surface area contributed by atoms with Crippen molar-refractivity contribution in [3.05, 3.63) is 42.2 Å². The smallest absolute Gasteiger partial charge is 0.246 e. The number of nitrogens with zero attached hydrogens (tertiary/aromatic N) is 2. The van der Waals surface area contributed by atoms with E-state index in [1.165, 1.54) is 22.5 Å². The molecule has 0 spiro atoms. The maximum absolute atomic E-state index is 13.8. The topological polar surface area (TPSA) is 57.7 Å². The van der Waals surface area contributed by atoms with Crippen molar-refractivity contribution in [1.82, 2.24) is 9.21 Å². The second kappa shape index (κ2) is 7.03. The molecule has 1 aliphatic carbocycles. The number of benzene rings is 1. The van der Waals surface area contributed by atoms with Gasteiger partial charge in [0.2, 0.25) is 15.9 Å². The largest absolute Gasteiger partial charge is 0.340 e. The third kappa shape index (κ3) is 3.37. The molecule has 5 nitrogen and oxygen atoms in total. The van der Waals surface area contributed by atoms with Crippen LogP contribution in [0.3, 0.4) is 0 Å². The van der Waals surface area contributed by atoms with E-state index in [1.54, 1.807) is 4.90 Å². The van der Waals surface area contributed by atoms with E-state index in [1.807, 2.05) is 6.08 Å². The van der Waals surface area contributed by atoms with E-state index < -0.39 is 15.8 Å². The van der Waals surface area contributed by atoms with Crippen LogP contribution in [0, 0.1) is 11.7 Å². The summed E-state index contributed by atoms with van der Waals surface area (Å²) < 4.78 is 40.2. The minimum atomic E-state index is -3.86. The standard InChI is InChI=1S/C17H21FN2O3S/c18-15-8-4-5-9-16(15)24(22,23)20-12-10-19(11-13-20)17(21)14-6-2-1-3-7-14/h1-2,4-5,8-9,14H,3,6-7,10-13H2. The average molecular weight is 352 g/mol. The Labute approximate surface area is 141 Å². The highest BCUT2D eigenvalue weighted by atomic mass is 32.2. The minimum Gasteiger partial charge on any atom is -0.340 e. The molecular weight excluding hydrogens is 331 g/mol. The van der Waals surface area contributed by atoms with Gasteiger partial charge in [-0.25, -0.2) is 12.8 Å². The van der Waals surface area contributed by atoms with Crippen LogP contribution < -0.4 is 0 Å². The summed E-state index contributed by atoms with van der Waals surface area (Å²) in [6.45, 7) is 1.11.